The minimum atomic E-state index is -1.15. The second-order valence-corrected chi connectivity index (χ2v) is 3.72. The highest BCUT2D eigenvalue weighted by Crippen LogP contribution is 2.14. The first-order chi connectivity index (χ1) is 6.52. The second kappa shape index (κ2) is 6.79. The topological polar surface area (TPSA) is 66.8 Å². The number of hydrogen-bond donors (Lipinski definition) is 2. The predicted molar refractivity (Wildman–Crippen MR) is 52.8 cm³/mol. The second-order valence-electron chi connectivity index (χ2n) is 3.72. The first-order valence-electron chi connectivity index (χ1n) is 5.00. The fraction of sp³-hybridized carbons (Fsp3) is 0.900. The Morgan fingerprint density at radius 1 is 1.50 bits per heavy atom. The number of rotatable bonds is 7. The van der Waals surface area contributed by atoms with Gasteiger partial charge in [0, 0.05) is 6.61 Å². The Kier molecular flexibility index (Phi) is 6.49. The van der Waals surface area contributed by atoms with Crippen LogP contribution < -0.4 is 0 Å². The summed E-state index contributed by atoms with van der Waals surface area (Å²) >= 11 is 0. The summed E-state index contributed by atoms with van der Waals surface area (Å²) in [5.74, 6) is -0.406. The van der Waals surface area contributed by atoms with Gasteiger partial charge in [-0.15, -0.1) is 0 Å². The van der Waals surface area contributed by atoms with Crippen molar-refractivity contribution in [3.8, 4) is 0 Å². The zero-order chi connectivity index (χ0) is 11.0. The quantitative estimate of drug-likeness (QED) is 0.476. The lowest BCUT2D eigenvalue weighted by Crippen LogP contribution is -2.30. The van der Waals surface area contributed by atoms with Crippen molar-refractivity contribution in [2.75, 3.05) is 13.2 Å². The van der Waals surface area contributed by atoms with Crippen molar-refractivity contribution < 1.29 is 19.7 Å². The largest absolute Gasteiger partial charge is 0.466 e. The van der Waals surface area contributed by atoms with Gasteiger partial charge >= 0.3 is 5.97 Å². The number of carbonyl (C=O) groups is 1. The molecule has 0 aliphatic rings. The van der Waals surface area contributed by atoms with Crippen LogP contribution in [0.1, 0.15) is 39.5 Å². The Labute approximate surface area is 84.9 Å². The Morgan fingerprint density at radius 2 is 2.14 bits per heavy atom. The van der Waals surface area contributed by atoms with E-state index in [-0.39, 0.29) is 19.4 Å². The first kappa shape index (κ1) is 13.4. The summed E-state index contributed by atoms with van der Waals surface area (Å²) in [5, 5.41) is 18.2. The summed E-state index contributed by atoms with van der Waals surface area (Å²) in [6.07, 6.45) is 1.95. The number of carbonyl (C=O) groups excluding carboxylic acids is 1. The summed E-state index contributed by atoms with van der Waals surface area (Å²) in [6, 6.07) is 0. The molecule has 0 rings (SSSR count). The maximum Gasteiger partial charge on any atom is 0.308 e. The van der Waals surface area contributed by atoms with Crippen molar-refractivity contribution >= 4 is 5.97 Å². The van der Waals surface area contributed by atoms with Crippen LogP contribution in [0, 0.1) is 0 Å². The third-order valence-electron chi connectivity index (χ3n) is 1.94. The average molecular weight is 204 g/mol. The molecule has 1 atom stereocenters. The van der Waals surface area contributed by atoms with Crippen LogP contribution in [0.4, 0.5) is 0 Å². The van der Waals surface area contributed by atoms with Crippen LogP contribution in [-0.4, -0.2) is 35.0 Å². The smallest absolute Gasteiger partial charge is 0.308 e. The third kappa shape index (κ3) is 6.86. The number of aliphatic hydroxyl groups is 2. The molecule has 0 bridgehead atoms. The van der Waals surface area contributed by atoms with E-state index in [0.29, 0.717) is 6.61 Å². The monoisotopic (exact) mass is 204 g/mol. The van der Waals surface area contributed by atoms with Gasteiger partial charge in [0.2, 0.25) is 0 Å². The molecule has 0 saturated carbocycles. The number of esters is 1. The Balaban J connectivity index is 3.69. The molecule has 84 valence electrons. The molecule has 0 heterocycles. The minimum Gasteiger partial charge on any atom is -0.466 e. The normalized spacial score (nSPS) is 14.9. The van der Waals surface area contributed by atoms with Gasteiger partial charge < -0.3 is 14.9 Å². The van der Waals surface area contributed by atoms with Crippen LogP contribution in [0.2, 0.25) is 0 Å². The Morgan fingerprint density at radius 3 is 2.64 bits per heavy atom. The molecular formula is C10H20O4. The molecule has 0 aromatic rings. The van der Waals surface area contributed by atoms with E-state index < -0.39 is 11.6 Å². The van der Waals surface area contributed by atoms with Crippen molar-refractivity contribution in [3.05, 3.63) is 0 Å². The van der Waals surface area contributed by atoms with Gasteiger partial charge in [0.1, 0.15) is 0 Å². The van der Waals surface area contributed by atoms with Crippen molar-refractivity contribution in [2.24, 2.45) is 0 Å². The van der Waals surface area contributed by atoms with Crippen molar-refractivity contribution in [3.63, 3.8) is 0 Å². The van der Waals surface area contributed by atoms with Crippen LogP contribution in [0.5, 0.6) is 0 Å². The molecule has 0 amide bonds. The molecule has 2 N–H and O–H groups in total. The van der Waals surface area contributed by atoms with Gasteiger partial charge in [-0.3, -0.25) is 4.79 Å². The molecule has 14 heavy (non-hydrogen) atoms. The van der Waals surface area contributed by atoms with Gasteiger partial charge in [0.15, 0.2) is 0 Å². The van der Waals surface area contributed by atoms with E-state index in [0.717, 1.165) is 12.8 Å². The minimum absolute atomic E-state index is 0.0583. The zero-order valence-corrected chi connectivity index (χ0v) is 8.95. The lowest BCUT2D eigenvalue weighted by molar-refractivity contribution is -0.149. The summed E-state index contributed by atoms with van der Waals surface area (Å²) in [6.45, 7) is 3.81. The van der Waals surface area contributed by atoms with Crippen LogP contribution in [0.25, 0.3) is 0 Å². The standard InChI is InChI=1S/C10H20O4/c1-3-4-7-14-9(12)8-10(2,13)5-6-11/h11,13H,3-8H2,1-2H3. The molecule has 0 aliphatic carbocycles. The van der Waals surface area contributed by atoms with Gasteiger partial charge in [-0.2, -0.15) is 0 Å². The van der Waals surface area contributed by atoms with E-state index in [4.69, 9.17) is 9.84 Å². The van der Waals surface area contributed by atoms with E-state index in [1.54, 1.807) is 0 Å². The molecule has 0 radical (unpaired) electrons. The van der Waals surface area contributed by atoms with Crippen LogP contribution in [0.15, 0.2) is 0 Å². The van der Waals surface area contributed by atoms with E-state index in [1.807, 2.05) is 6.92 Å². The maximum absolute atomic E-state index is 11.1. The average Bonchev–Trinajstić information content (AvgIpc) is 2.03. The molecule has 1 unspecified atom stereocenters. The molecule has 4 nitrogen and oxygen atoms in total. The fourth-order valence-corrected chi connectivity index (χ4v) is 1.02. The lowest BCUT2D eigenvalue weighted by atomic mass is 9.99. The van der Waals surface area contributed by atoms with Crippen LogP contribution in [-0.2, 0) is 9.53 Å². The SMILES string of the molecule is CCCCOC(=O)CC(C)(O)CCO. The zero-order valence-electron chi connectivity index (χ0n) is 8.95. The number of ether oxygens (including phenoxy) is 1. The number of hydrogen-bond acceptors (Lipinski definition) is 4. The number of unbranched alkanes of at least 4 members (excludes halogenated alkanes) is 1. The summed E-state index contributed by atoms with van der Waals surface area (Å²) in [4.78, 5) is 11.1. The molecule has 0 fully saturated rings. The van der Waals surface area contributed by atoms with E-state index in [9.17, 15) is 9.90 Å². The molecule has 0 saturated heterocycles. The number of aliphatic hydroxyl groups excluding tert-OH is 1. The lowest BCUT2D eigenvalue weighted by Gasteiger charge is -2.20. The van der Waals surface area contributed by atoms with Gasteiger partial charge in [0.05, 0.1) is 18.6 Å². The Bertz CT molecular complexity index is 166. The van der Waals surface area contributed by atoms with Crippen LogP contribution in [0.3, 0.4) is 0 Å². The fourth-order valence-electron chi connectivity index (χ4n) is 1.02. The van der Waals surface area contributed by atoms with Gasteiger partial charge in [-0.05, 0) is 19.8 Å². The predicted octanol–water partition coefficient (Wildman–Crippen LogP) is 0.853. The van der Waals surface area contributed by atoms with Crippen molar-refractivity contribution in [1.82, 2.24) is 0 Å². The van der Waals surface area contributed by atoms with Gasteiger partial charge in [-0.1, -0.05) is 13.3 Å². The third-order valence-corrected chi connectivity index (χ3v) is 1.94. The summed E-state index contributed by atoms with van der Waals surface area (Å²) < 4.78 is 4.88. The molecular weight excluding hydrogens is 184 g/mol. The highest BCUT2D eigenvalue weighted by atomic mass is 16.5. The highest BCUT2D eigenvalue weighted by molar-refractivity contribution is 5.70. The van der Waals surface area contributed by atoms with Crippen molar-refractivity contribution in [1.29, 1.82) is 0 Å². The molecule has 0 aliphatic heterocycles. The van der Waals surface area contributed by atoms with Gasteiger partial charge in [-0.25, -0.2) is 0 Å². The molecule has 0 spiro atoms. The Hall–Kier alpha value is -0.610. The van der Waals surface area contributed by atoms with E-state index in [2.05, 4.69) is 0 Å². The maximum atomic E-state index is 11.1. The van der Waals surface area contributed by atoms with E-state index in [1.165, 1.54) is 6.92 Å². The molecule has 4 heteroatoms. The van der Waals surface area contributed by atoms with Crippen molar-refractivity contribution in [2.45, 2.75) is 45.1 Å². The summed E-state index contributed by atoms with van der Waals surface area (Å²) in [7, 11) is 0. The van der Waals surface area contributed by atoms with Crippen LogP contribution >= 0.6 is 0 Å². The molecule has 0 aromatic carbocycles. The summed E-state index contributed by atoms with van der Waals surface area (Å²) in [5.41, 5.74) is -1.15. The van der Waals surface area contributed by atoms with Gasteiger partial charge in [0.25, 0.3) is 0 Å². The first-order valence-corrected chi connectivity index (χ1v) is 5.00. The van der Waals surface area contributed by atoms with E-state index >= 15 is 0 Å². The highest BCUT2D eigenvalue weighted by Gasteiger charge is 2.24. The molecule has 0 aromatic heterocycles.